The van der Waals surface area contributed by atoms with Gasteiger partial charge in [0.15, 0.2) is 0 Å². The molecule has 7 rings (SSSR count). The highest BCUT2D eigenvalue weighted by molar-refractivity contribution is 6.12. The van der Waals surface area contributed by atoms with Crippen molar-refractivity contribution in [3.8, 4) is 5.69 Å². The maximum absolute atomic E-state index is 3.61. The van der Waals surface area contributed by atoms with Crippen molar-refractivity contribution in [2.75, 3.05) is 4.90 Å². The molecule has 0 spiro atoms. The summed E-state index contributed by atoms with van der Waals surface area (Å²) in [5.74, 6) is 0. The lowest BCUT2D eigenvalue weighted by Crippen LogP contribution is -2.17. The van der Waals surface area contributed by atoms with Crippen LogP contribution in [0.4, 0.5) is 17.1 Å². The third-order valence-electron chi connectivity index (χ3n) is 6.05. The second-order valence-corrected chi connectivity index (χ2v) is 7.63. The molecule has 0 fully saturated rings. The molecule has 3 heteroatoms. The fourth-order valence-electron chi connectivity index (χ4n) is 4.79. The van der Waals surface area contributed by atoms with Crippen LogP contribution in [0.15, 0.2) is 97.2 Å². The number of aromatic amines is 1. The molecule has 0 atom stereocenters. The molecule has 1 aliphatic rings. The van der Waals surface area contributed by atoms with Crippen LogP contribution in [-0.2, 0) is 0 Å². The number of hydrogen-bond donors (Lipinski definition) is 1. The van der Waals surface area contributed by atoms with E-state index < -0.39 is 0 Å². The zero-order valence-electron chi connectivity index (χ0n) is 15.6. The molecular formula is C26H17N3. The van der Waals surface area contributed by atoms with Gasteiger partial charge in [0.1, 0.15) is 0 Å². The quantitative estimate of drug-likeness (QED) is 0.328. The highest BCUT2D eigenvalue weighted by atomic mass is 15.2. The zero-order chi connectivity index (χ0) is 18.9. The van der Waals surface area contributed by atoms with Gasteiger partial charge in [-0.2, -0.15) is 0 Å². The predicted molar refractivity (Wildman–Crippen MR) is 121 cm³/mol. The predicted octanol–water partition coefficient (Wildman–Crippen LogP) is 7.05. The minimum absolute atomic E-state index is 1.16. The Hall–Kier alpha value is -3.98. The Balaban J connectivity index is 1.65. The summed E-state index contributed by atoms with van der Waals surface area (Å²) in [6, 6.07) is 32.5. The third kappa shape index (κ3) is 1.91. The van der Waals surface area contributed by atoms with E-state index in [1.807, 2.05) is 0 Å². The summed E-state index contributed by atoms with van der Waals surface area (Å²) < 4.78 is 2.33. The number of benzene rings is 4. The van der Waals surface area contributed by atoms with Crippen LogP contribution < -0.4 is 4.90 Å². The topological polar surface area (TPSA) is 24.0 Å². The highest BCUT2D eigenvalue weighted by Gasteiger charge is 2.26. The van der Waals surface area contributed by atoms with Crippen molar-refractivity contribution < 1.29 is 0 Å². The van der Waals surface area contributed by atoms with E-state index in [1.54, 1.807) is 0 Å². The van der Waals surface area contributed by atoms with E-state index in [0.717, 1.165) is 5.52 Å². The number of rotatable bonds is 1. The number of aromatic nitrogens is 2. The first-order valence-electron chi connectivity index (χ1n) is 9.88. The molecule has 0 saturated carbocycles. The van der Waals surface area contributed by atoms with Crippen molar-refractivity contribution in [1.82, 2.24) is 9.55 Å². The lowest BCUT2D eigenvalue weighted by Gasteiger charge is -2.33. The van der Waals surface area contributed by atoms with Gasteiger partial charge in [0.05, 0.1) is 22.6 Å². The molecule has 136 valence electrons. The standard InChI is InChI=1S/C26H17N3/c1-2-8-18(9-3-1)29-23-12-6-7-17-13-14-28(26(17)23)24-15-20-19-10-4-5-11-21(19)27-22(20)16-25(24)29/h1-16,27H. The minimum Gasteiger partial charge on any atom is -0.354 e. The van der Waals surface area contributed by atoms with Crippen LogP contribution in [0.1, 0.15) is 0 Å². The first-order chi connectivity index (χ1) is 14.4. The molecule has 29 heavy (non-hydrogen) atoms. The van der Waals surface area contributed by atoms with E-state index in [4.69, 9.17) is 0 Å². The fourth-order valence-corrected chi connectivity index (χ4v) is 4.79. The molecule has 1 aliphatic heterocycles. The fraction of sp³-hybridized carbons (Fsp3) is 0. The van der Waals surface area contributed by atoms with E-state index in [9.17, 15) is 0 Å². The Morgan fingerprint density at radius 1 is 0.586 bits per heavy atom. The van der Waals surface area contributed by atoms with E-state index in [2.05, 4.69) is 112 Å². The van der Waals surface area contributed by atoms with Gasteiger partial charge < -0.3 is 14.5 Å². The Bertz CT molecular complexity index is 1550. The molecule has 1 N–H and O–H groups in total. The lowest BCUT2D eigenvalue weighted by atomic mass is 10.1. The molecule has 3 heterocycles. The summed E-state index contributed by atoms with van der Waals surface area (Å²) in [5.41, 5.74) is 8.36. The molecule has 0 unspecified atom stereocenters. The zero-order valence-corrected chi connectivity index (χ0v) is 15.6. The van der Waals surface area contributed by atoms with Crippen molar-refractivity contribution >= 4 is 49.8 Å². The van der Waals surface area contributed by atoms with Crippen molar-refractivity contribution in [2.24, 2.45) is 0 Å². The number of fused-ring (bicyclic) bond motifs is 5. The van der Waals surface area contributed by atoms with Gasteiger partial charge in [-0.1, -0.05) is 48.5 Å². The van der Waals surface area contributed by atoms with Crippen LogP contribution in [0.2, 0.25) is 0 Å². The average Bonchev–Trinajstić information content (AvgIpc) is 3.36. The van der Waals surface area contributed by atoms with Crippen LogP contribution in [0.5, 0.6) is 0 Å². The number of para-hydroxylation sites is 3. The van der Waals surface area contributed by atoms with Gasteiger partial charge in [-0.05, 0) is 42.5 Å². The van der Waals surface area contributed by atoms with E-state index in [-0.39, 0.29) is 0 Å². The van der Waals surface area contributed by atoms with Gasteiger partial charge in [0.2, 0.25) is 0 Å². The van der Waals surface area contributed by atoms with Crippen LogP contribution in [0.3, 0.4) is 0 Å². The second-order valence-electron chi connectivity index (χ2n) is 7.63. The Labute approximate surface area is 167 Å². The van der Waals surface area contributed by atoms with Crippen LogP contribution in [0, 0.1) is 0 Å². The van der Waals surface area contributed by atoms with E-state index >= 15 is 0 Å². The number of nitrogens with zero attached hydrogens (tertiary/aromatic N) is 2. The maximum Gasteiger partial charge on any atom is 0.0771 e. The average molecular weight is 371 g/mol. The summed E-state index contributed by atoms with van der Waals surface area (Å²) in [6.07, 6.45) is 2.19. The van der Waals surface area contributed by atoms with Gasteiger partial charge in [-0.25, -0.2) is 0 Å². The van der Waals surface area contributed by atoms with Crippen LogP contribution in [-0.4, -0.2) is 9.55 Å². The minimum atomic E-state index is 1.16. The maximum atomic E-state index is 3.61. The SMILES string of the molecule is c1ccc(N2c3cc4[nH]c5ccccc5c4cc3-n3ccc4cccc2c43)cc1. The monoisotopic (exact) mass is 371 g/mol. The second kappa shape index (κ2) is 5.30. The molecule has 4 aromatic carbocycles. The molecule has 0 radical (unpaired) electrons. The molecular weight excluding hydrogens is 354 g/mol. The van der Waals surface area contributed by atoms with Crippen molar-refractivity contribution in [3.63, 3.8) is 0 Å². The highest BCUT2D eigenvalue weighted by Crippen LogP contribution is 2.48. The largest absolute Gasteiger partial charge is 0.354 e. The number of hydrogen-bond acceptors (Lipinski definition) is 1. The van der Waals surface area contributed by atoms with Crippen molar-refractivity contribution in [2.45, 2.75) is 0 Å². The summed E-state index contributed by atoms with van der Waals surface area (Å²) in [6.45, 7) is 0. The first-order valence-corrected chi connectivity index (χ1v) is 9.88. The van der Waals surface area contributed by atoms with Crippen molar-refractivity contribution in [3.05, 3.63) is 97.2 Å². The van der Waals surface area contributed by atoms with Gasteiger partial charge >= 0.3 is 0 Å². The number of anilines is 3. The number of H-pyrrole nitrogens is 1. The Kier molecular flexibility index (Phi) is 2.74. The van der Waals surface area contributed by atoms with E-state index in [1.165, 1.54) is 49.9 Å². The molecule has 0 amide bonds. The van der Waals surface area contributed by atoms with Crippen LogP contribution >= 0.6 is 0 Å². The molecule has 0 aliphatic carbocycles. The summed E-state index contributed by atoms with van der Waals surface area (Å²) in [4.78, 5) is 5.98. The van der Waals surface area contributed by atoms with Gasteiger partial charge in [0, 0.05) is 39.1 Å². The summed E-state index contributed by atoms with van der Waals surface area (Å²) in [7, 11) is 0. The smallest absolute Gasteiger partial charge is 0.0771 e. The third-order valence-corrected chi connectivity index (χ3v) is 6.05. The Morgan fingerprint density at radius 3 is 2.38 bits per heavy atom. The molecule has 0 bridgehead atoms. The van der Waals surface area contributed by atoms with Crippen LogP contribution in [0.25, 0.3) is 38.4 Å². The van der Waals surface area contributed by atoms with Gasteiger partial charge in [0.25, 0.3) is 0 Å². The molecule has 3 nitrogen and oxygen atoms in total. The van der Waals surface area contributed by atoms with Crippen molar-refractivity contribution in [1.29, 1.82) is 0 Å². The normalized spacial score (nSPS) is 12.8. The van der Waals surface area contributed by atoms with Gasteiger partial charge in [-0.15, -0.1) is 0 Å². The van der Waals surface area contributed by atoms with E-state index in [0.29, 0.717) is 0 Å². The molecule has 0 saturated heterocycles. The molecule has 2 aromatic heterocycles. The van der Waals surface area contributed by atoms with Gasteiger partial charge in [-0.3, -0.25) is 0 Å². The summed E-state index contributed by atoms with van der Waals surface area (Å²) >= 11 is 0. The first kappa shape index (κ1) is 15.0. The molecule has 6 aromatic rings. The Morgan fingerprint density at radius 2 is 1.45 bits per heavy atom. The lowest BCUT2D eigenvalue weighted by molar-refractivity contribution is 1.08. The summed E-state index contributed by atoms with van der Waals surface area (Å²) in [5, 5.41) is 3.78. The number of nitrogens with one attached hydrogen (secondary N) is 1.